The van der Waals surface area contributed by atoms with E-state index in [-0.39, 0.29) is 23.9 Å². The summed E-state index contributed by atoms with van der Waals surface area (Å²) in [5.41, 5.74) is 1.84. The third kappa shape index (κ3) is 5.32. The Bertz CT molecular complexity index is 1000. The summed E-state index contributed by atoms with van der Waals surface area (Å²) in [5.74, 6) is -0.454. The van der Waals surface area contributed by atoms with Crippen molar-refractivity contribution in [2.45, 2.75) is 40.2 Å². The lowest BCUT2D eigenvalue weighted by Crippen LogP contribution is -2.31. The van der Waals surface area contributed by atoms with Gasteiger partial charge in [-0.05, 0) is 56.2 Å². The molecule has 0 spiro atoms. The summed E-state index contributed by atoms with van der Waals surface area (Å²) >= 11 is 0. The van der Waals surface area contributed by atoms with Gasteiger partial charge in [0.25, 0.3) is 11.5 Å². The number of nitrogens with one attached hydrogen (secondary N) is 1. The average Bonchev–Trinajstić information content (AvgIpc) is 2.69. The quantitative estimate of drug-likeness (QED) is 0.781. The van der Waals surface area contributed by atoms with Crippen LogP contribution in [0.4, 0.5) is 5.69 Å². The number of unbranched alkanes of at least 4 members (excludes halogenated alkanes) is 1. The van der Waals surface area contributed by atoms with Gasteiger partial charge in [-0.2, -0.15) is 5.26 Å². The molecule has 2 rings (SSSR count). The summed E-state index contributed by atoms with van der Waals surface area (Å²) in [4.78, 5) is 38.8. The van der Waals surface area contributed by atoms with Crippen molar-refractivity contribution in [1.82, 2.24) is 9.47 Å². The number of nitrogens with zero attached hydrogens (tertiary/aromatic N) is 3. The smallest absolute Gasteiger partial charge is 0.269 e. The fourth-order valence-corrected chi connectivity index (χ4v) is 3.02. The first-order chi connectivity index (χ1) is 13.8. The number of amides is 2. The Morgan fingerprint density at radius 2 is 1.86 bits per heavy atom. The minimum atomic E-state index is -0.476. The molecule has 152 valence electrons. The Morgan fingerprint density at radius 3 is 2.45 bits per heavy atom. The molecular formula is C22H26N4O3. The van der Waals surface area contributed by atoms with E-state index in [1.807, 2.05) is 6.07 Å². The maximum atomic E-state index is 12.4. The molecule has 0 saturated carbocycles. The largest absolute Gasteiger partial charge is 0.342 e. The zero-order chi connectivity index (χ0) is 21.6. The van der Waals surface area contributed by atoms with E-state index < -0.39 is 5.56 Å². The van der Waals surface area contributed by atoms with Crippen LogP contribution in [0.15, 0.2) is 35.1 Å². The van der Waals surface area contributed by atoms with Gasteiger partial charge in [-0.1, -0.05) is 13.3 Å². The number of aromatic nitrogens is 1. The Kier molecular flexibility index (Phi) is 7.32. The maximum absolute atomic E-state index is 12.4. The van der Waals surface area contributed by atoms with Gasteiger partial charge in [0.2, 0.25) is 5.91 Å². The van der Waals surface area contributed by atoms with Gasteiger partial charge < -0.3 is 14.8 Å². The molecule has 2 aromatic rings. The summed E-state index contributed by atoms with van der Waals surface area (Å²) in [5, 5.41) is 11.9. The Morgan fingerprint density at radius 1 is 1.21 bits per heavy atom. The van der Waals surface area contributed by atoms with E-state index in [1.165, 1.54) is 4.57 Å². The molecule has 0 atom stereocenters. The fraction of sp³-hybridized carbons (Fsp3) is 0.364. The van der Waals surface area contributed by atoms with E-state index in [1.54, 1.807) is 56.1 Å². The predicted molar refractivity (Wildman–Crippen MR) is 112 cm³/mol. The van der Waals surface area contributed by atoms with E-state index in [4.69, 9.17) is 5.26 Å². The first kappa shape index (κ1) is 21.9. The van der Waals surface area contributed by atoms with Gasteiger partial charge in [0.05, 0.1) is 0 Å². The van der Waals surface area contributed by atoms with Crippen molar-refractivity contribution in [3.8, 4) is 6.07 Å². The number of hydrogen-bond acceptors (Lipinski definition) is 4. The number of hydrogen-bond donors (Lipinski definition) is 1. The minimum absolute atomic E-state index is 0.0402. The normalized spacial score (nSPS) is 10.3. The van der Waals surface area contributed by atoms with Crippen molar-refractivity contribution in [2.75, 3.05) is 18.9 Å². The van der Waals surface area contributed by atoms with E-state index in [2.05, 4.69) is 12.2 Å². The van der Waals surface area contributed by atoms with Crippen LogP contribution in [0.3, 0.4) is 0 Å². The summed E-state index contributed by atoms with van der Waals surface area (Å²) in [6, 6.07) is 10.2. The van der Waals surface area contributed by atoms with Gasteiger partial charge in [-0.25, -0.2) is 0 Å². The van der Waals surface area contributed by atoms with Gasteiger partial charge in [0, 0.05) is 30.5 Å². The lowest BCUT2D eigenvalue weighted by atomic mass is 10.1. The number of pyridine rings is 1. The first-order valence-corrected chi connectivity index (χ1v) is 9.55. The molecule has 0 unspecified atom stereocenters. The van der Waals surface area contributed by atoms with Crippen LogP contribution in [0.1, 0.15) is 46.9 Å². The van der Waals surface area contributed by atoms with Gasteiger partial charge in [-0.15, -0.1) is 0 Å². The topological polar surface area (TPSA) is 95.2 Å². The maximum Gasteiger partial charge on any atom is 0.269 e. The number of anilines is 1. The van der Waals surface area contributed by atoms with Crippen molar-refractivity contribution in [3.63, 3.8) is 0 Å². The fourth-order valence-electron chi connectivity index (χ4n) is 3.02. The monoisotopic (exact) mass is 394 g/mol. The first-order valence-electron chi connectivity index (χ1n) is 9.55. The van der Waals surface area contributed by atoms with E-state index in [9.17, 15) is 14.4 Å². The molecule has 1 N–H and O–H groups in total. The molecule has 1 aromatic heterocycles. The van der Waals surface area contributed by atoms with Gasteiger partial charge in [-0.3, -0.25) is 14.4 Å². The van der Waals surface area contributed by atoms with Crippen LogP contribution in [0.2, 0.25) is 0 Å². The molecule has 0 fully saturated rings. The number of carbonyl (C=O) groups excluding carboxylic acids is 2. The molecule has 0 aliphatic rings. The van der Waals surface area contributed by atoms with Gasteiger partial charge in [0.15, 0.2) is 0 Å². The lowest BCUT2D eigenvalue weighted by Gasteiger charge is -2.17. The Balaban J connectivity index is 2.08. The molecule has 0 radical (unpaired) electrons. The standard InChI is InChI=1S/C22H26N4O3/c1-5-6-11-25(4)21(28)17-7-9-18(10-8-17)24-20(27)14-26-16(3)12-15(2)19(13-23)22(26)29/h7-10,12H,5-6,11,14H2,1-4H3,(H,24,27). The van der Waals surface area contributed by atoms with Crippen LogP contribution < -0.4 is 10.9 Å². The highest BCUT2D eigenvalue weighted by molar-refractivity contribution is 5.95. The molecule has 0 bridgehead atoms. The number of benzene rings is 1. The molecule has 7 nitrogen and oxygen atoms in total. The molecule has 0 aliphatic heterocycles. The summed E-state index contributed by atoms with van der Waals surface area (Å²) < 4.78 is 1.28. The van der Waals surface area contributed by atoms with Crippen LogP contribution in [-0.2, 0) is 11.3 Å². The van der Waals surface area contributed by atoms with Crippen molar-refractivity contribution in [1.29, 1.82) is 5.26 Å². The molecule has 2 amide bonds. The number of rotatable bonds is 7. The minimum Gasteiger partial charge on any atom is -0.342 e. The average molecular weight is 394 g/mol. The molecule has 1 heterocycles. The van der Waals surface area contributed by atoms with Crippen LogP contribution in [-0.4, -0.2) is 34.9 Å². The lowest BCUT2D eigenvalue weighted by molar-refractivity contribution is -0.116. The summed E-state index contributed by atoms with van der Waals surface area (Å²) in [6.07, 6.45) is 1.96. The highest BCUT2D eigenvalue weighted by atomic mass is 16.2. The van der Waals surface area contributed by atoms with Crippen LogP contribution in [0.5, 0.6) is 0 Å². The second-order valence-electron chi connectivity index (χ2n) is 7.05. The van der Waals surface area contributed by atoms with Crippen molar-refractivity contribution in [2.24, 2.45) is 0 Å². The third-order valence-corrected chi connectivity index (χ3v) is 4.73. The SMILES string of the molecule is CCCCN(C)C(=O)c1ccc(NC(=O)Cn2c(C)cc(C)c(C#N)c2=O)cc1. The molecule has 0 aliphatic carbocycles. The number of aryl methyl sites for hydroxylation is 2. The van der Waals surface area contributed by atoms with Crippen LogP contribution in [0.25, 0.3) is 0 Å². The molecule has 0 saturated heterocycles. The summed E-state index contributed by atoms with van der Waals surface area (Å²) in [7, 11) is 1.77. The van der Waals surface area contributed by atoms with Crippen molar-refractivity contribution in [3.05, 3.63) is 63.1 Å². The van der Waals surface area contributed by atoms with Crippen molar-refractivity contribution < 1.29 is 9.59 Å². The van der Waals surface area contributed by atoms with E-state index >= 15 is 0 Å². The second kappa shape index (κ2) is 9.69. The Labute approximate surface area is 170 Å². The van der Waals surface area contributed by atoms with Gasteiger partial charge in [0.1, 0.15) is 18.2 Å². The zero-order valence-corrected chi connectivity index (χ0v) is 17.3. The van der Waals surface area contributed by atoms with E-state index in [0.717, 1.165) is 12.8 Å². The highest BCUT2D eigenvalue weighted by Crippen LogP contribution is 2.12. The van der Waals surface area contributed by atoms with Crippen LogP contribution in [0, 0.1) is 25.2 Å². The zero-order valence-electron chi connectivity index (χ0n) is 17.3. The highest BCUT2D eigenvalue weighted by Gasteiger charge is 2.14. The van der Waals surface area contributed by atoms with Gasteiger partial charge >= 0.3 is 0 Å². The number of carbonyl (C=O) groups is 2. The second-order valence-corrected chi connectivity index (χ2v) is 7.05. The molecule has 7 heteroatoms. The third-order valence-electron chi connectivity index (χ3n) is 4.73. The molecule has 1 aromatic carbocycles. The summed E-state index contributed by atoms with van der Waals surface area (Å²) in [6.45, 7) is 5.99. The predicted octanol–water partition coefficient (Wildman–Crippen LogP) is 2.85. The van der Waals surface area contributed by atoms with E-state index in [0.29, 0.717) is 29.1 Å². The number of nitriles is 1. The van der Waals surface area contributed by atoms with Crippen molar-refractivity contribution >= 4 is 17.5 Å². The Hall–Kier alpha value is -3.40. The van der Waals surface area contributed by atoms with Crippen LogP contribution >= 0.6 is 0 Å². The molecule has 29 heavy (non-hydrogen) atoms. The molecular weight excluding hydrogens is 368 g/mol.